The second-order valence-electron chi connectivity index (χ2n) is 5.90. The first kappa shape index (κ1) is 21.2. The van der Waals surface area contributed by atoms with E-state index >= 15 is 0 Å². The van der Waals surface area contributed by atoms with Crippen LogP contribution in [0.3, 0.4) is 0 Å². The van der Waals surface area contributed by atoms with Crippen molar-refractivity contribution in [2.45, 2.75) is 13.0 Å². The van der Waals surface area contributed by atoms with E-state index in [9.17, 15) is 14.4 Å². The van der Waals surface area contributed by atoms with E-state index in [1.165, 1.54) is 0 Å². The normalized spacial score (nSPS) is 11.2. The molecular formula is C20H22ClN3O4. The van der Waals surface area contributed by atoms with Gasteiger partial charge in [0.15, 0.2) is 6.10 Å². The fourth-order valence-electron chi connectivity index (χ4n) is 2.22. The third kappa shape index (κ3) is 7.28. The Morgan fingerprint density at radius 1 is 0.929 bits per heavy atom. The summed E-state index contributed by atoms with van der Waals surface area (Å²) in [6.45, 7) is 1.96. The zero-order valence-electron chi connectivity index (χ0n) is 15.4. The Morgan fingerprint density at radius 3 is 2.25 bits per heavy atom. The van der Waals surface area contributed by atoms with Crippen LogP contribution in [0, 0.1) is 0 Å². The molecule has 2 aromatic carbocycles. The Balaban J connectivity index is 1.60. The van der Waals surface area contributed by atoms with E-state index in [1.807, 2.05) is 0 Å². The van der Waals surface area contributed by atoms with Gasteiger partial charge in [-0.1, -0.05) is 29.8 Å². The van der Waals surface area contributed by atoms with Gasteiger partial charge in [-0.15, -0.1) is 0 Å². The summed E-state index contributed by atoms with van der Waals surface area (Å²) in [4.78, 5) is 35.6. The van der Waals surface area contributed by atoms with Crippen LogP contribution in [-0.2, 0) is 9.59 Å². The van der Waals surface area contributed by atoms with Crippen molar-refractivity contribution in [3.63, 3.8) is 0 Å². The van der Waals surface area contributed by atoms with E-state index in [-0.39, 0.29) is 37.4 Å². The number of rotatable bonds is 9. The van der Waals surface area contributed by atoms with Crippen molar-refractivity contribution < 1.29 is 19.1 Å². The van der Waals surface area contributed by atoms with Crippen molar-refractivity contribution in [3.05, 3.63) is 65.2 Å². The number of halogens is 1. The first-order chi connectivity index (χ1) is 13.5. The molecule has 0 heterocycles. The average Bonchev–Trinajstić information content (AvgIpc) is 2.71. The van der Waals surface area contributed by atoms with Crippen LogP contribution >= 0.6 is 11.6 Å². The fourth-order valence-corrected chi connectivity index (χ4v) is 2.34. The maximum Gasteiger partial charge on any atom is 0.260 e. The van der Waals surface area contributed by atoms with Crippen molar-refractivity contribution >= 4 is 29.3 Å². The minimum atomic E-state index is -0.693. The fraction of sp³-hybridized carbons (Fsp3) is 0.250. The first-order valence-electron chi connectivity index (χ1n) is 8.75. The molecule has 0 aromatic heterocycles. The van der Waals surface area contributed by atoms with Crippen LogP contribution in [0.1, 0.15) is 17.3 Å². The van der Waals surface area contributed by atoms with Crippen LogP contribution in [0.15, 0.2) is 54.6 Å². The summed E-state index contributed by atoms with van der Waals surface area (Å²) in [5.41, 5.74) is 0.484. The van der Waals surface area contributed by atoms with E-state index < -0.39 is 6.10 Å². The van der Waals surface area contributed by atoms with Crippen LogP contribution in [0.25, 0.3) is 0 Å². The highest BCUT2D eigenvalue weighted by Crippen LogP contribution is 2.16. The van der Waals surface area contributed by atoms with Gasteiger partial charge in [0.25, 0.3) is 11.8 Å². The SMILES string of the molecule is CC(Oc1ccc(Cl)cc1)C(=O)NCCNC(=O)CNC(=O)c1ccccc1. The standard InChI is InChI=1S/C20H22ClN3O4/c1-14(28-17-9-7-16(21)8-10-17)19(26)23-12-11-22-18(25)13-24-20(27)15-5-3-2-4-6-15/h2-10,14H,11-13H2,1H3,(H,22,25)(H,23,26)(H,24,27). The van der Waals surface area contributed by atoms with Crippen LogP contribution < -0.4 is 20.7 Å². The van der Waals surface area contributed by atoms with E-state index in [0.717, 1.165) is 0 Å². The van der Waals surface area contributed by atoms with E-state index in [0.29, 0.717) is 16.3 Å². The lowest BCUT2D eigenvalue weighted by Crippen LogP contribution is -2.43. The van der Waals surface area contributed by atoms with Gasteiger partial charge in [0.2, 0.25) is 5.91 Å². The number of carbonyl (C=O) groups is 3. The third-order valence-electron chi connectivity index (χ3n) is 3.69. The Kier molecular flexibility index (Phi) is 8.30. The molecule has 1 unspecified atom stereocenters. The summed E-state index contributed by atoms with van der Waals surface area (Å²) in [5, 5.41) is 8.40. The quantitative estimate of drug-likeness (QED) is 0.556. The van der Waals surface area contributed by atoms with Crippen LogP contribution in [0.5, 0.6) is 5.75 Å². The summed E-state index contributed by atoms with van der Waals surface area (Å²) >= 11 is 5.80. The highest BCUT2D eigenvalue weighted by molar-refractivity contribution is 6.30. The maximum atomic E-state index is 12.0. The lowest BCUT2D eigenvalue weighted by Gasteiger charge is -2.15. The van der Waals surface area contributed by atoms with E-state index in [4.69, 9.17) is 16.3 Å². The number of benzene rings is 2. The molecule has 1 atom stereocenters. The molecule has 0 aliphatic rings. The molecule has 2 rings (SSSR count). The van der Waals surface area contributed by atoms with Crippen molar-refractivity contribution in [1.29, 1.82) is 0 Å². The predicted molar refractivity (Wildman–Crippen MR) is 106 cm³/mol. The minimum Gasteiger partial charge on any atom is -0.481 e. The zero-order valence-corrected chi connectivity index (χ0v) is 16.2. The molecule has 0 saturated carbocycles. The molecule has 3 amide bonds. The largest absolute Gasteiger partial charge is 0.481 e. The Hall–Kier alpha value is -3.06. The third-order valence-corrected chi connectivity index (χ3v) is 3.94. The van der Waals surface area contributed by atoms with Gasteiger partial charge in [0.1, 0.15) is 5.75 Å². The molecule has 8 heteroatoms. The summed E-state index contributed by atoms with van der Waals surface area (Å²) in [6, 6.07) is 15.3. The lowest BCUT2D eigenvalue weighted by molar-refractivity contribution is -0.127. The summed E-state index contributed by atoms with van der Waals surface area (Å²) < 4.78 is 5.51. The Labute approximate surface area is 168 Å². The molecule has 0 radical (unpaired) electrons. The lowest BCUT2D eigenvalue weighted by atomic mass is 10.2. The predicted octanol–water partition coefficient (Wildman–Crippen LogP) is 1.77. The smallest absolute Gasteiger partial charge is 0.260 e. The average molecular weight is 404 g/mol. The molecule has 28 heavy (non-hydrogen) atoms. The topological polar surface area (TPSA) is 96.5 Å². The highest BCUT2D eigenvalue weighted by Gasteiger charge is 2.14. The second kappa shape index (κ2) is 10.9. The summed E-state index contributed by atoms with van der Waals surface area (Å²) in [6.07, 6.45) is -0.693. The highest BCUT2D eigenvalue weighted by atomic mass is 35.5. The van der Waals surface area contributed by atoms with Crippen LogP contribution in [0.2, 0.25) is 5.02 Å². The maximum absolute atomic E-state index is 12.0. The number of ether oxygens (including phenoxy) is 1. The summed E-state index contributed by atoms with van der Waals surface area (Å²) in [7, 11) is 0. The molecule has 0 saturated heterocycles. The summed E-state index contributed by atoms with van der Waals surface area (Å²) in [5.74, 6) is -0.433. The molecule has 148 valence electrons. The van der Waals surface area contributed by atoms with Gasteiger partial charge in [0, 0.05) is 23.7 Å². The first-order valence-corrected chi connectivity index (χ1v) is 9.13. The van der Waals surface area contributed by atoms with Gasteiger partial charge < -0.3 is 20.7 Å². The van der Waals surface area contributed by atoms with Crippen molar-refractivity contribution in [2.75, 3.05) is 19.6 Å². The number of nitrogens with one attached hydrogen (secondary N) is 3. The van der Waals surface area contributed by atoms with Gasteiger partial charge in [-0.3, -0.25) is 14.4 Å². The number of carbonyl (C=O) groups excluding carboxylic acids is 3. The number of hydrogen-bond acceptors (Lipinski definition) is 4. The number of amides is 3. The Bertz CT molecular complexity index is 797. The van der Waals surface area contributed by atoms with Gasteiger partial charge in [0.05, 0.1) is 6.54 Å². The molecular weight excluding hydrogens is 382 g/mol. The van der Waals surface area contributed by atoms with Gasteiger partial charge in [-0.05, 0) is 43.3 Å². The van der Waals surface area contributed by atoms with Crippen LogP contribution in [0.4, 0.5) is 0 Å². The second-order valence-corrected chi connectivity index (χ2v) is 6.34. The molecule has 0 aliphatic carbocycles. The van der Waals surface area contributed by atoms with Crippen molar-refractivity contribution in [2.24, 2.45) is 0 Å². The van der Waals surface area contributed by atoms with Gasteiger partial charge in [-0.25, -0.2) is 0 Å². The molecule has 0 spiro atoms. The van der Waals surface area contributed by atoms with Gasteiger partial charge >= 0.3 is 0 Å². The zero-order chi connectivity index (χ0) is 20.4. The minimum absolute atomic E-state index is 0.141. The molecule has 7 nitrogen and oxygen atoms in total. The molecule has 0 fully saturated rings. The van der Waals surface area contributed by atoms with Crippen molar-refractivity contribution in [1.82, 2.24) is 16.0 Å². The number of hydrogen-bond donors (Lipinski definition) is 3. The molecule has 3 N–H and O–H groups in total. The molecule has 2 aromatic rings. The van der Waals surface area contributed by atoms with Crippen molar-refractivity contribution in [3.8, 4) is 5.75 Å². The van der Waals surface area contributed by atoms with E-state index in [2.05, 4.69) is 16.0 Å². The molecule has 0 aliphatic heterocycles. The van der Waals surface area contributed by atoms with Crippen LogP contribution in [-0.4, -0.2) is 43.5 Å². The molecule has 0 bridgehead atoms. The monoisotopic (exact) mass is 403 g/mol. The van der Waals surface area contributed by atoms with Gasteiger partial charge in [-0.2, -0.15) is 0 Å². The Morgan fingerprint density at radius 2 is 1.57 bits per heavy atom. The van der Waals surface area contributed by atoms with E-state index in [1.54, 1.807) is 61.5 Å².